The van der Waals surface area contributed by atoms with Crippen LogP contribution in [-0.4, -0.2) is 10.1 Å². The summed E-state index contributed by atoms with van der Waals surface area (Å²) < 4.78 is 1.10. The highest BCUT2D eigenvalue weighted by atomic mass is 79.9. The van der Waals surface area contributed by atoms with Gasteiger partial charge < -0.3 is 10.4 Å². The van der Waals surface area contributed by atoms with Crippen LogP contribution < -0.4 is 5.32 Å². The van der Waals surface area contributed by atoms with Crippen LogP contribution in [0.25, 0.3) is 10.8 Å². The van der Waals surface area contributed by atoms with Crippen molar-refractivity contribution in [2.24, 2.45) is 0 Å². The van der Waals surface area contributed by atoms with E-state index in [1.165, 1.54) is 4.88 Å². The third kappa shape index (κ3) is 2.72. The Bertz CT molecular complexity index is 726. The number of anilines is 1. The number of rotatable bonds is 3. The fourth-order valence-corrected chi connectivity index (χ4v) is 3.31. The number of thiophene rings is 1. The van der Waals surface area contributed by atoms with Gasteiger partial charge in [-0.05, 0) is 45.6 Å². The molecule has 0 radical (unpaired) electrons. The summed E-state index contributed by atoms with van der Waals surface area (Å²) in [6, 6.07) is 9.32. The van der Waals surface area contributed by atoms with Gasteiger partial charge in [-0.3, -0.25) is 0 Å². The third-order valence-corrected chi connectivity index (χ3v) is 4.50. The number of fused-ring (bicyclic) bond motifs is 1. The molecule has 0 amide bonds. The van der Waals surface area contributed by atoms with Gasteiger partial charge in [0.15, 0.2) is 0 Å². The summed E-state index contributed by atoms with van der Waals surface area (Å²) in [6.45, 7) is 0.720. The largest absolute Gasteiger partial charge is 0.508 e. The van der Waals surface area contributed by atoms with Gasteiger partial charge in [-0.25, -0.2) is 4.98 Å². The number of hydrogen-bond acceptors (Lipinski definition) is 4. The van der Waals surface area contributed by atoms with Crippen molar-refractivity contribution in [3.8, 4) is 5.75 Å². The van der Waals surface area contributed by atoms with Crippen LogP contribution in [0, 0.1) is 0 Å². The van der Waals surface area contributed by atoms with E-state index in [-0.39, 0.29) is 5.75 Å². The minimum atomic E-state index is 0.252. The van der Waals surface area contributed by atoms with E-state index in [0.717, 1.165) is 27.6 Å². The molecule has 0 unspecified atom stereocenters. The molecule has 0 aliphatic rings. The normalized spacial score (nSPS) is 10.8. The molecule has 5 heteroatoms. The first-order valence-electron chi connectivity index (χ1n) is 5.77. The molecule has 0 atom stereocenters. The Hall–Kier alpha value is -1.59. The molecule has 0 spiro atoms. The van der Waals surface area contributed by atoms with Crippen LogP contribution in [0.4, 0.5) is 5.82 Å². The van der Waals surface area contributed by atoms with E-state index >= 15 is 0 Å². The van der Waals surface area contributed by atoms with Gasteiger partial charge >= 0.3 is 0 Å². The summed E-state index contributed by atoms with van der Waals surface area (Å²) in [6.07, 6.45) is 1.77. The molecule has 3 aromatic rings. The Morgan fingerprint density at radius 1 is 1.26 bits per heavy atom. The Kier molecular flexibility index (Phi) is 3.40. The lowest BCUT2D eigenvalue weighted by Gasteiger charge is -2.08. The summed E-state index contributed by atoms with van der Waals surface area (Å²) in [5.74, 6) is 1.04. The van der Waals surface area contributed by atoms with E-state index in [0.29, 0.717) is 0 Å². The number of aromatic nitrogens is 1. The quantitative estimate of drug-likeness (QED) is 0.747. The molecular weight excluding hydrogens is 324 g/mol. The second-order valence-corrected chi connectivity index (χ2v) is 6.06. The average molecular weight is 335 g/mol. The molecule has 3 rings (SSSR count). The maximum absolute atomic E-state index is 9.58. The van der Waals surface area contributed by atoms with Crippen LogP contribution >= 0.6 is 27.3 Å². The topological polar surface area (TPSA) is 45.2 Å². The van der Waals surface area contributed by atoms with Crippen LogP contribution in [0.1, 0.15) is 4.88 Å². The van der Waals surface area contributed by atoms with Gasteiger partial charge in [-0.15, -0.1) is 11.3 Å². The van der Waals surface area contributed by atoms with Gasteiger partial charge in [0.25, 0.3) is 0 Å². The molecule has 2 N–H and O–H groups in total. The summed E-state index contributed by atoms with van der Waals surface area (Å²) >= 11 is 5.13. The van der Waals surface area contributed by atoms with Gasteiger partial charge in [0.2, 0.25) is 0 Å². The Labute approximate surface area is 123 Å². The molecule has 0 bridgehead atoms. The van der Waals surface area contributed by atoms with E-state index in [2.05, 4.69) is 37.7 Å². The number of nitrogens with zero attached hydrogens (tertiary/aromatic N) is 1. The first kappa shape index (κ1) is 12.4. The number of phenols is 1. The number of pyridine rings is 1. The predicted octanol–water partition coefficient (Wildman–Crippen LogP) is 4.38. The van der Waals surface area contributed by atoms with Crippen molar-refractivity contribution in [1.82, 2.24) is 4.98 Å². The van der Waals surface area contributed by atoms with E-state index in [1.807, 2.05) is 12.1 Å². The summed E-state index contributed by atoms with van der Waals surface area (Å²) in [5, 5.41) is 16.9. The molecule has 0 saturated heterocycles. The van der Waals surface area contributed by atoms with E-state index in [9.17, 15) is 5.11 Å². The summed E-state index contributed by atoms with van der Waals surface area (Å²) in [7, 11) is 0. The smallest absolute Gasteiger partial charge is 0.134 e. The number of phenolic OH excluding ortho intramolecular Hbond substituents is 1. The van der Waals surface area contributed by atoms with Crippen molar-refractivity contribution in [1.29, 1.82) is 0 Å². The second kappa shape index (κ2) is 5.19. The monoisotopic (exact) mass is 334 g/mol. The highest BCUT2D eigenvalue weighted by Gasteiger charge is 2.04. The number of hydrogen-bond donors (Lipinski definition) is 2. The molecule has 0 aliphatic carbocycles. The van der Waals surface area contributed by atoms with Gasteiger partial charge in [0, 0.05) is 26.3 Å². The predicted molar refractivity (Wildman–Crippen MR) is 82.8 cm³/mol. The third-order valence-electron chi connectivity index (χ3n) is 2.80. The van der Waals surface area contributed by atoms with Crippen molar-refractivity contribution in [2.45, 2.75) is 6.54 Å². The lowest BCUT2D eigenvalue weighted by atomic mass is 10.1. The van der Waals surface area contributed by atoms with Gasteiger partial charge in [-0.2, -0.15) is 0 Å². The van der Waals surface area contributed by atoms with Crippen LogP contribution in [-0.2, 0) is 6.54 Å². The van der Waals surface area contributed by atoms with Gasteiger partial charge in [0.05, 0.1) is 6.54 Å². The lowest BCUT2D eigenvalue weighted by molar-refractivity contribution is 0.476. The van der Waals surface area contributed by atoms with Crippen molar-refractivity contribution >= 4 is 43.9 Å². The zero-order valence-electron chi connectivity index (χ0n) is 9.93. The van der Waals surface area contributed by atoms with E-state index in [4.69, 9.17) is 0 Å². The molecular formula is C14H11BrN2OS. The number of benzene rings is 1. The molecule has 3 nitrogen and oxygen atoms in total. The molecule has 1 aromatic carbocycles. The minimum Gasteiger partial charge on any atom is -0.508 e. The Balaban J connectivity index is 1.90. The molecule has 2 aromatic heterocycles. The minimum absolute atomic E-state index is 0.252. The van der Waals surface area contributed by atoms with Crippen molar-refractivity contribution < 1.29 is 5.11 Å². The van der Waals surface area contributed by atoms with Crippen LogP contribution in [0.15, 0.2) is 46.4 Å². The van der Waals surface area contributed by atoms with Gasteiger partial charge in [0.1, 0.15) is 11.6 Å². The highest BCUT2D eigenvalue weighted by Crippen LogP contribution is 2.26. The van der Waals surface area contributed by atoms with Crippen LogP contribution in [0.3, 0.4) is 0 Å². The maximum Gasteiger partial charge on any atom is 0.134 e. The first-order valence-corrected chi connectivity index (χ1v) is 7.44. The number of nitrogens with one attached hydrogen (secondary N) is 1. The van der Waals surface area contributed by atoms with E-state index in [1.54, 1.807) is 29.7 Å². The number of halogens is 1. The molecule has 0 saturated carbocycles. The number of aromatic hydroxyl groups is 1. The zero-order valence-corrected chi connectivity index (χ0v) is 12.3. The van der Waals surface area contributed by atoms with Gasteiger partial charge in [-0.1, -0.05) is 6.07 Å². The molecule has 0 aliphatic heterocycles. The van der Waals surface area contributed by atoms with Crippen molar-refractivity contribution in [3.05, 3.63) is 51.3 Å². The highest BCUT2D eigenvalue weighted by molar-refractivity contribution is 9.10. The fraction of sp³-hybridized carbons (Fsp3) is 0.0714. The fourth-order valence-electron chi connectivity index (χ4n) is 1.91. The van der Waals surface area contributed by atoms with Crippen LogP contribution in [0.5, 0.6) is 5.75 Å². The van der Waals surface area contributed by atoms with Crippen LogP contribution in [0.2, 0.25) is 0 Å². The molecule has 19 heavy (non-hydrogen) atoms. The lowest BCUT2D eigenvalue weighted by Crippen LogP contribution is -2.00. The molecule has 96 valence electrons. The molecule has 0 fully saturated rings. The standard InChI is InChI=1S/C14H11BrN2OS/c15-10-5-12(19-8-10)7-17-14-13-6-11(18)2-1-9(13)3-4-16-14/h1-6,8,18H,7H2,(H,16,17). The molecule has 2 heterocycles. The van der Waals surface area contributed by atoms with Crippen molar-refractivity contribution in [2.75, 3.05) is 5.32 Å². The summed E-state index contributed by atoms with van der Waals surface area (Å²) in [4.78, 5) is 5.57. The summed E-state index contributed by atoms with van der Waals surface area (Å²) in [5.41, 5.74) is 0. The average Bonchev–Trinajstić information content (AvgIpc) is 2.82. The Morgan fingerprint density at radius 2 is 2.16 bits per heavy atom. The second-order valence-electron chi connectivity index (χ2n) is 4.15. The maximum atomic E-state index is 9.58. The zero-order chi connectivity index (χ0) is 13.2. The van der Waals surface area contributed by atoms with Crippen molar-refractivity contribution in [3.63, 3.8) is 0 Å². The van der Waals surface area contributed by atoms with E-state index < -0.39 is 0 Å². The SMILES string of the molecule is Oc1ccc2ccnc(NCc3cc(Br)cs3)c2c1. The first-order chi connectivity index (χ1) is 9.22. The Morgan fingerprint density at radius 3 is 2.95 bits per heavy atom.